The number of anilines is 1. The third kappa shape index (κ3) is 3.71. The van der Waals surface area contributed by atoms with E-state index in [2.05, 4.69) is 20.6 Å². The molecule has 0 spiro atoms. The zero-order valence-corrected chi connectivity index (χ0v) is 17.4. The lowest BCUT2D eigenvalue weighted by Crippen LogP contribution is -2.32. The van der Waals surface area contributed by atoms with Crippen molar-refractivity contribution in [1.29, 1.82) is 0 Å². The largest absolute Gasteiger partial charge is 0.382 e. The van der Waals surface area contributed by atoms with Crippen molar-refractivity contribution in [3.05, 3.63) is 64.9 Å². The number of fused-ring (bicyclic) bond motifs is 1. The number of hydrogen-bond acceptors (Lipinski definition) is 5. The van der Waals surface area contributed by atoms with Gasteiger partial charge in [-0.2, -0.15) is 9.37 Å². The fourth-order valence-electron chi connectivity index (χ4n) is 4.54. The molecule has 0 unspecified atom stereocenters. The third-order valence-electron chi connectivity index (χ3n) is 6.23. The van der Waals surface area contributed by atoms with Crippen LogP contribution in [-0.4, -0.2) is 35.5 Å². The Morgan fingerprint density at radius 1 is 0.938 bits per heavy atom. The van der Waals surface area contributed by atoms with Gasteiger partial charge >= 0.3 is 0 Å². The average molecular weight is 435 g/mol. The van der Waals surface area contributed by atoms with Crippen molar-refractivity contribution in [2.45, 2.75) is 25.2 Å². The number of piperidine rings is 1. The van der Waals surface area contributed by atoms with Gasteiger partial charge in [-0.05, 0) is 61.5 Å². The summed E-state index contributed by atoms with van der Waals surface area (Å²) < 4.78 is 29.4. The molecule has 0 bridgehead atoms. The Balaban J connectivity index is 1.53. The van der Waals surface area contributed by atoms with Crippen molar-refractivity contribution in [1.82, 2.24) is 20.6 Å². The number of halogens is 2. The first-order chi connectivity index (χ1) is 15.5. The van der Waals surface area contributed by atoms with Crippen molar-refractivity contribution in [3.63, 3.8) is 0 Å². The molecule has 5 rings (SSSR count). The highest BCUT2D eigenvalue weighted by Crippen LogP contribution is 2.32. The van der Waals surface area contributed by atoms with Crippen LogP contribution in [0.25, 0.3) is 22.5 Å². The van der Waals surface area contributed by atoms with Gasteiger partial charge in [0.2, 0.25) is 5.95 Å². The van der Waals surface area contributed by atoms with Gasteiger partial charge in [-0.15, -0.1) is 0 Å². The fraction of sp³-hybridized carbons (Fsp3) is 0.292. The molecule has 1 amide bonds. The molecule has 1 fully saturated rings. The smallest absolute Gasteiger partial charge is 0.254 e. The maximum Gasteiger partial charge on any atom is 0.254 e. The Bertz CT molecular complexity index is 1190. The molecular weight excluding hydrogens is 412 g/mol. The second-order valence-electron chi connectivity index (χ2n) is 8.24. The van der Waals surface area contributed by atoms with Gasteiger partial charge in [0.15, 0.2) is 5.82 Å². The van der Waals surface area contributed by atoms with Crippen molar-refractivity contribution in [2.24, 2.45) is 0 Å². The van der Waals surface area contributed by atoms with Crippen molar-refractivity contribution >= 4 is 11.7 Å². The van der Waals surface area contributed by atoms with Crippen LogP contribution in [0.5, 0.6) is 0 Å². The molecule has 0 saturated carbocycles. The SMILES string of the molecule is Nc1nc(F)c(-c2ccc(C3CCNCC3)cc2)nc1-c1cc(F)c2c(c1)CCNC2=O. The van der Waals surface area contributed by atoms with Gasteiger partial charge in [0.25, 0.3) is 5.91 Å². The van der Waals surface area contributed by atoms with E-state index in [1.165, 1.54) is 11.6 Å². The van der Waals surface area contributed by atoms with E-state index in [1.807, 2.05) is 24.3 Å². The predicted molar refractivity (Wildman–Crippen MR) is 118 cm³/mol. The summed E-state index contributed by atoms with van der Waals surface area (Å²) in [6.07, 6.45) is 2.63. The van der Waals surface area contributed by atoms with E-state index in [0.717, 1.165) is 25.9 Å². The Morgan fingerprint density at radius 2 is 1.69 bits per heavy atom. The predicted octanol–water partition coefficient (Wildman–Crippen LogP) is 3.42. The van der Waals surface area contributed by atoms with Crippen molar-refractivity contribution in [2.75, 3.05) is 25.4 Å². The summed E-state index contributed by atoms with van der Waals surface area (Å²) in [5.74, 6) is -1.52. The number of carbonyl (C=O) groups is 1. The van der Waals surface area contributed by atoms with Crippen LogP contribution < -0.4 is 16.4 Å². The number of carbonyl (C=O) groups excluding carboxylic acids is 1. The molecule has 4 N–H and O–H groups in total. The quantitative estimate of drug-likeness (QED) is 0.586. The highest BCUT2D eigenvalue weighted by Gasteiger charge is 2.24. The number of amides is 1. The Kier molecular flexibility index (Phi) is 5.30. The first-order valence-electron chi connectivity index (χ1n) is 10.8. The number of nitrogens with zero attached hydrogens (tertiary/aromatic N) is 2. The zero-order valence-electron chi connectivity index (χ0n) is 17.4. The van der Waals surface area contributed by atoms with Crippen LogP contribution in [0.3, 0.4) is 0 Å². The number of benzene rings is 2. The maximum absolute atomic E-state index is 14.7. The molecule has 3 aromatic rings. The first kappa shape index (κ1) is 20.5. The van der Waals surface area contributed by atoms with E-state index < -0.39 is 17.7 Å². The maximum atomic E-state index is 14.7. The van der Waals surface area contributed by atoms with E-state index in [-0.39, 0.29) is 22.8 Å². The summed E-state index contributed by atoms with van der Waals surface area (Å²) in [5.41, 5.74) is 8.97. The highest BCUT2D eigenvalue weighted by atomic mass is 19.1. The molecule has 0 atom stereocenters. The summed E-state index contributed by atoms with van der Waals surface area (Å²) in [6, 6.07) is 10.6. The van der Waals surface area contributed by atoms with Crippen LogP contribution in [0.2, 0.25) is 0 Å². The van der Waals surface area contributed by atoms with E-state index in [4.69, 9.17) is 5.73 Å². The third-order valence-corrected chi connectivity index (χ3v) is 6.23. The topological polar surface area (TPSA) is 92.9 Å². The standard InChI is InChI=1S/C24H23F2N5O/c25-18-12-17(11-16-7-10-29-24(32)19(16)18)21-23(27)31-22(26)20(30-21)15-3-1-13(2-4-15)14-5-8-28-9-6-14/h1-4,11-12,14,28H,5-10H2,(H2,27,31)(H,29,32). The van der Waals surface area contributed by atoms with E-state index in [9.17, 15) is 13.6 Å². The van der Waals surface area contributed by atoms with Crippen LogP contribution in [0, 0.1) is 11.8 Å². The average Bonchev–Trinajstić information content (AvgIpc) is 2.80. The van der Waals surface area contributed by atoms with Gasteiger partial charge in [0.1, 0.15) is 17.2 Å². The van der Waals surface area contributed by atoms with E-state index in [0.29, 0.717) is 35.6 Å². The van der Waals surface area contributed by atoms with Crippen LogP contribution >= 0.6 is 0 Å². The Labute approximate surface area is 184 Å². The van der Waals surface area contributed by atoms with Gasteiger partial charge in [0.05, 0.1) is 5.56 Å². The Hall–Kier alpha value is -3.39. The molecule has 1 aromatic heterocycles. The van der Waals surface area contributed by atoms with Crippen LogP contribution in [0.15, 0.2) is 36.4 Å². The fourth-order valence-corrected chi connectivity index (χ4v) is 4.54. The summed E-state index contributed by atoms with van der Waals surface area (Å²) in [7, 11) is 0. The second kappa shape index (κ2) is 8.27. The molecule has 2 aromatic carbocycles. The number of nitrogens with two attached hydrogens (primary N) is 1. The molecule has 8 heteroatoms. The minimum Gasteiger partial charge on any atom is -0.382 e. The molecule has 32 heavy (non-hydrogen) atoms. The van der Waals surface area contributed by atoms with Gasteiger partial charge in [-0.3, -0.25) is 4.79 Å². The Morgan fingerprint density at radius 3 is 2.44 bits per heavy atom. The van der Waals surface area contributed by atoms with Crippen LogP contribution in [0.1, 0.15) is 40.2 Å². The number of aromatic nitrogens is 2. The van der Waals surface area contributed by atoms with Gasteiger partial charge in [0, 0.05) is 17.7 Å². The molecule has 2 aliphatic rings. The highest BCUT2D eigenvalue weighted by molar-refractivity contribution is 5.97. The molecule has 1 saturated heterocycles. The number of hydrogen-bond donors (Lipinski definition) is 3. The van der Waals surface area contributed by atoms with Gasteiger partial charge in [-0.1, -0.05) is 24.3 Å². The number of nitrogens with one attached hydrogen (secondary N) is 2. The van der Waals surface area contributed by atoms with Gasteiger partial charge in [-0.25, -0.2) is 9.37 Å². The molecule has 164 valence electrons. The molecule has 0 radical (unpaired) electrons. The van der Waals surface area contributed by atoms with Crippen LogP contribution in [-0.2, 0) is 6.42 Å². The summed E-state index contributed by atoms with van der Waals surface area (Å²) >= 11 is 0. The second-order valence-corrected chi connectivity index (χ2v) is 8.24. The summed E-state index contributed by atoms with van der Waals surface area (Å²) in [6.45, 7) is 2.41. The van der Waals surface area contributed by atoms with E-state index >= 15 is 0 Å². The lowest BCUT2D eigenvalue weighted by molar-refractivity contribution is 0.0941. The molecule has 2 aliphatic heterocycles. The lowest BCUT2D eigenvalue weighted by atomic mass is 9.89. The van der Waals surface area contributed by atoms with Crippen LogP contribution in [0.4, 0.5) is 14.6 Å². The number of rotatable bonds is 3. The zero-order chi connectivity index (χ0) is 22.2. The molecular formula is C24H23F2N5O. The number of nitrogen functional groups attached to an aromatic ring is 1. The van der Waals surface area contributed by atoms with Crippen molar-refractivity contribution < 1.29 is 13.6 Å². The first-order valence-corrected chi connectivity index (χ1v) is 10.8. The molecule has 3 heterocycles. The van der Waals surface area contributed by atoms with Gasteiger partial charge < -0.3 is 16.4 Å². The normalized spacial score (nSPS) is 16.5. The van der Waals surface area contributed by atoms with E-state index in [1.54, 1.807) is 6.07 Å². The van der Waals surface area contributed by atoms with Crippen molar-refractivity contribution in [3.8, 4) is 22.5 Å². The minimum absolute atomic E-state index is 0.0300. The molecule has 0 aliphatic carbocycles. The lowest BCUT2D eigenvalue weighted by Gasteiger charge is -2.23. The summed E-state index contributed by atoms with van der Waals surface area (Å²) in [4.78, 5) is 20.2. The summed E-state index contributed by atoms with van der Waals surface area (Å²) in [5, 5.41) is 5.98. The minimum atomic E-state index is -0.779. The monoisotopic (exact) mass is 435 g/mol. The molecule has 6 nitrogen and oxygen atoms in total.